The molecular formula is C19H16N2O5S. The highest BCUT2D eigenvalue weighted by Gasteiger charge is 2.31. The van der Waals surface area contributed by atoms with Crippen LogP contribution in [0.25, 0.3) is 11.3 Å². The van der Waals surface area contributed by atoms with Crippen LogP contribution in [0.1, 0.15) is 38.1 Å². The van der Waals surface area contributed by atoms with E-state index < -0.39 is 5.97 Å². The first-order chi connectivity index (χ1) is 12.9. The van der Waals surface area contributed by atoms with Gasteiger partial charge in [-0.15, -0.1) is 0 Å². The van der Waals surface area contributed by atoms with Gasteiger partial charge in [0.15, 0.2) is 10.8 Å². The number of aromatic carboxylic acids is 1. The van der Waals surface area contributed by atoms with E-state index in [1.807, 2.05) is 7.05 Å². The van der Waals surface area contributed by atoms with Crippen molar-refractivity contribution in [1.29, 1.82) is 0 Å². The van der Waals surface area contributed by atoms with Crippen LogP contribution in [0.5, 0.6) is 16.6 Å². The van der Waals surface area contributed by atoms with Crippen LogP contribution in [0.4, 0.5) is 0 Å². The Hall–Kier alpha value is -3.13. The molecule has 0 radical (unpaired) electrons. The first-order valence-corrected chi connectivity index (χ1v) is 9.10. The highest BCUT2D eigenvalue weighted by atomic mass is 32.1. The van der Waals surface area contributed by atoms with Gasteiger partial charge in [0.2, 0.25) is 0 Å². The number of aromatic hydroxyl groups is 1. The number of phenols is 1. The summed E-state index contributed by atoms with van der Waals surface area (Å²) in [5.41, 5.74) is 3.56. The Kier molecular flexibility index (Phi) is 4.00. The Balaban J connectivity index is 1.83. The number of nitrogens with zero attached hydrogens (tertiary/aromatic N) is 2. The molecular weight excluding hydrogens is 368 g/mol. The number of ether oxygens (including phenoxy) is 1. The lowest BCUT2D eigenvalue weighted by Crippen LogP contribution is -2.08. The molecule has 1 aromatic carbocycles. The van der Waals surface area contributed by atoms with Crippen LogP contribution in [-0.2, 0) is 19.9 Å². The molecule has 0 saturated carbocycles. The van der Waals surface area contributed by atoms with Gasteiger partial charge in [0.1, 0.15) is 16.4 Å². The number of carboxylic acid groups (broad SMARTS) is 1. The second kappa shape index (κ2) is 6.24. The lowest BCUT2D eigenvalue weighted by atomic mass is 9.92. The van der Waals surface area contributed by atoms with Crippen molar-refractivity contribution in [2.24, 2.45) is 7.05 Å². The molecule has 0 bridgehead atoms. The van der Waals surface area contributed by atoms with Crippen LogP contribution >= 0.6 is 11.3 Å². The molecule has 7 nitrogen and oxygen atoms in total. The number of ketones is 1. The number of fused-ring (bicyclic) bond motifs is 3. The molecule has 1 aliphatic rings. The fourth-order valence-corrected chi connectivity index (χ4v) is 4.45. The summed E-state index contributed by atoms with van der Waals surface area (Å²) in [4.78, 5) is 23.4. The Morgan fingerprint density at radius 1 is 1.30 bits per heavy atom. The van der Waals surface area contributed by atoms with E-state index in [-0.39, 0.29) is 22.0 Å². The van der Waals surface area contributed by atoms with E-state index in [4.69, 9.17) is 4.74 Å². The number of thiophene rings is 1. The molecule has 1 aliphatic carbocycles. The first-order valence-electron chi connectivity index (χ1n) is 8.28. The van der Waals surface area contributed by atoms with Crippen molar-refractivity contribution in [3.8, 4) is 27.8 Å². The van der Waals surface area contributed by atoms with Crippen molar-refractivity contribution in [3.05, 3.63) is 46.0 Å². The number of hydrogen-bond donors (Lipinski definition) is 2. The molecule has 0 amide bonds. The van der Waals surface area contributed by atoms with E-state index in [0.29, 0.717) is 17.2 Å². The fourth-order valence-electron chi connectivity index (χ4n) is 3.39. The quantitative estimate of drug-likeness (QED) is 0.666. The van der Waals surface area contributed by atoms with Crippen molar-refractivity contribution >= 4 is 23.1 Å². The summed E-state index contributed by atoms with van der Waals surface area (Å²) in [6.07, 6.45) is 3.11. The van der Waals surface area contributed by atoms with Gasteiger partial charge in [0.25, 0.3) is 0 Å². The van der Waals surface area contributed by atoms with Crippen molar-refractivity contribution in [1.82, 2.24) is 9.78 Å². The number of aromatic nitrogens is 2. The molecule has 27 heavy (non-hydrogen) atoms. The number of carbonyl (C=O) groups is 2. The number of benzene rings is 1. The number of aryl methyl sites for hydroxylation is 2. The van der Waals surface area contributed by atoms with E-state index >= 15 is 0 Å². The first kappa shape index (κ1) is 17.3. The number of carbonyl (C=O) groups excluding carboxylic acids is 1. The van der Waals surface area contributed by atoms with E-state index in [2.05, 4.69) is 5.10 Å². The maximum atomic E-state index is 11.7. The maximum absolute atomic E-state index is 11.7. The second-order valence-corrected chi connectivity index (χ2v) is 7.34. The van der Waals surface area contributed by atoms with E-state index in [9.17, 15) is 19.8 Å². The van der Waals surface area contributed by atoms with Crippen LogP contribution in [0.15, 0.2) is 24.4 Å². The molecule has 2 heterocycles. The van der Waals surface area contributed by atoms with Gasteiger partial charge in [-0.25, -0.2) is 4.79 Å². The SMILES string of the molecule is CC(=O)c1ccc(Oc2sc(C(=O)O)c3c2-c2c(cnn2C)CC3)cc1O. The monoisotopic (exact) mass is 384 g/mol. The average molecular weight is 384 g/mol. The van der Waals surface area contributed by atoms with Gasteiger partial charge in [-0.3, -0.25) is 9.48 Å². The molecule has 0 aliphatic heterocycles. The standard InChI is InChI=1S/C19H16N2O5S/c1-9(22)12-6-4-11(7-14(12)23)26-19-15-13(17(27-19)18(24)25)5-3-10-8-20-21(2)16(10)15/h4,6-8,23H,3,5H2,1-2H3,(H,24,25). The zero-order chi connectivity index (χ0) is 19.3. The Bertz CT molecular complexity index is 1100. The van der Waals surface area contributed by atoms with Gasteiger partial charge in [-0.1, -0.05) is 11.3 Å². The molecule has 8 heteroatoms. The summed E-state index contributed by atoms with van der Waals surface area (Å²) >= 11 is 1.06. The predicted molar refractivity (Wildman–Crippen MR) is 99.1 cm³/mol. The zero-order valence-corrected chi connectivity index (χ0v) is 15.5. The van der Waals surface area contributed by atoms with Crippen LogP contribution < -0.4 is 4.74 Å². The normalized spacial score (nSPS) is 12.4. The second-order valence-electron chi connectivity index (χ2n) is 6.36. The third kappa shape index (κ3) is 2.78. The number of Topliss-reactive ketones (excluding diaryl/α,β-unsaturated/α-hetero) is 1. The third-order valence-electron chi connectivity index (χ3n) is 4.62. The van der Waals surface area contributed by atoms with E-state index in [0.717, 1.165) is 40.1 Å². The van der Waals surface area contributed by atoms with Crippen molar-refractivity contribution < 1.29 is 24.5 Å². The number of hydrogen-bond acceptors (Lipinski definition) is 6. The van der Waals surface area contributed by atoms with Gasteiger partial charge in [-0.2, -0.15) is 5.10 Å². The van der Waals surface area contributed by atoms with Crippen molar-refractivity contribution in [2.45, 2.75) is 19.8 Å². The molecule has 0 saturated heterocycles. The minimum atomic E-state index is -0.994. The number of phenolic OH excluding ortho intramolecular Hbond substituents is 1. The molecule has 0 fully saturated rings. The van der Waals surface area contributed by atoms with E-state index in [1.54, 1.807) is 16.9 Å². The molecule has 0 unspecified atom stereocenters. The molecule has 2 N–H and O–H groups in total. The van der Waals surface area contributed by atoms with Crippen LogP contribution in [-0.4, -0.2) is 31.7 Å². The molecule has 0 spiro atoms. The molecule has 4 rings (SSSR count). The van der Waals surface area contributed by atoms with Gasteiger partial charge < -0.3 is 14.9 Å². The topological polar surface area (TPSA) is 102 Å². The van der Waals surface area contributed by atoms with Gasteiger partial charge in [0, 0.05) is 13.1 Å². The summed E-state index contributed by atoms with van der Waals surface area (Å²) in [6, 6.07) is 4.42. The number of carboxylic acids is 1. The lowest BCUT2D eigenvalue weighted by molar-refractivity contribution is 0.0700. The fraction of sp³-hybridized carbons (Fsp3) is 0.211. The maximum Gasteiger partial charge on any atom is 0.346 e. The largest absolute Gasteiger partial charge is 0.507 e. The van der Waals surface area contributed by atoms with Crippen molar-refractivity contribution in [3.63, 3.8) is 0 Å². The summed E-state index contributed by atoms with van der Waals surface area (Å²) in [6.45, 7) is 1.37. The lowest BCUT2D eigenvalue weighted by Gasteiger charge is -2.16. The van der Waals surface area contributed by atoms with Crippen LogP contribution in [0.3, 0.4) is 0 Å². The highest BCUT2D eigenvalue weighted by molar-refractivity contribution is 7.16. The molecule has 0 atom stereocenters. The van der Waals surface area contributed by atoms with E-state index in [1.165, 1.54) is 19.1 Å². The smallest absolute Gasteiger partial charge is 0.346 e. The van der Waals surface area contributed by atoms with Gasteiger partial charge in [0.05, 0.1) is 23.0 Å². The Morgan fingerprint density at radius 3 is 2.74 bits per heavy atom. The Morgan fingerprint density at radius 2 is 2.07 bits per heavy atom. The summed E-state index contributed by atoms with van der Waals surface area (Å²) in [7, 11) is 1.81. The average Bonchev–Trinajstić information content (AvgIpc) is 3.16. The summed E-state index contributed by atoms with van der Waals surface area (Å²) in [5.74, 6) is -1.09. The van der Waals surface area contributed by atoms with Crippen LogP contribution in [0.2, 0.25) is 0 Å². The van der Waals surface area contributed by atoms with Gasteiger partial charge in [-0.05, 0) is 43.0 Å². The Labute approximate surface area is 158 Å². The minimum Gasteiger partial charge on any atom is -0.507 e. The summed E-state index contributed by atoms with van der Waals surface area (Å²) in [5, 5.41) is 24.3. The van der Waals surface area contributed by atoms with Gasteiger partial charge >= 0.3 is 5.97 Å². The predicted octanol–water partition coefficient (Wildman–Crippen LogP) is 3.65. The zero-order valence-electron chi connectivity index (χ0n) is 14.6. The van der Waals surface area contributed by atoms with Crippen LogP contribution in [0, 0.1) is 0 Å². The summed E-state index contributed by atoms with van der Waals surface area (Å²) < 4.78 is 7.66. The minimum absolute atomic E-state index is 0.176. The molecule has 138 valence electrons. The highest BCUT2D eigenvalue weighted by Crippen LogP contribution is 2.48. The van der Waals surface area contributed by atoms with Crippen molar-refractivity contribution in [2.75, 3.05) is 0 Å². The molecule has 3 aromatic rings. The molecule has 2 aromatic heterocycles. The third-order valence-corrected chi connectivity index (χ3v) is 5.72. The number of rotatable bonds is 4.